The van der Waals surface area contributed by atoms with Crippen LogP contribution in [0.4, 0.5) is 0 Å². The van der Waals surface area contributed by atoms with Gasteiger partial charge in [0.05, 0.1) is 13.0 Å². The molecule has 24 heavy (non-hydrogen) atoms. The fourth-order valence-electron chi connectivity index (χ4n) is 4.33. The van der Waals surface area contributed by atoms with Crippen molar-refractivity contribution in [2.75, 3.05) is 20.2 Å². The maximum absolute atomic E-state index is 12.5. The van der Waals surface area contributed by atoms with Gasteiger partial charge in [0.2, 0.25) is 0 Å². The van der Waals surface area contributed by atoms with Crippen LogP contribution in [0.2, 0.25) is 0 Å². The summed E-state index contributed by atoms with van der Waals surface area (Å²) >= 11 is 0. The van der Waals surface area contributed by atoms with E-state index < -0.39 is 0 Å². The molecule has 1 fully saturated rings. The molecule has 1 heterocycles. The number of hydrogen-bond acceptors (Lipinski definition) is 3. The first kappa shape index (κ1) is 19.2. The van der Waals surface area contributed by atoms with Gasteiger partial charge in [-0.2, -0.15) is 0 Å². The molecule has 0 aromatic heterocycles. The van der Waals surface area contributed by atoms with Crippen molar-refractivity contribution in [3.63, 3.8) is 0 Å². The van der Waals surface area contributed by atoms with Gasteiger partial charge in [-0.25, -0.2) is 0 Å². The molecule has 3 nitrogen and oxygen atoms in total. The lowest BCUT2D eigenvalue weighted by atomic mass is 9.74. The fourth-order valence-corrected chi connectivity index (χ4v) is 4.33. The highest BCUT2D eigenvalue weighted by Gasteiger charge is 2.40. The van der Waals surface area contributed by atoms with E-state index in [-0.39, 0.29) is 17.9 Å². The van der Waals surface area contributed by atoms with Gasteiger partial charge >= 0.3 is 5.97 Å². The second-order valence-corrected chi connectivity index (χ2v) is 7.91. The SMILES string of the molecule is COC(=O)[C@H]1C(N2CCCC2)C=CC[C@@H]1CC(C)CCC=C(C)C. The largest absolute Gasteiger partial charge is 0.469 e. The predicted octanol–water partition coefficient (Wildman–Crippen LogP) is 4.59. The van der Waals surface area contributed by atoms with Crippen molar-refractivity contribution in [1.82, 2.24) is 4.90 Å². The third-order valence-electron chi connectivity index (χ3n) is 5.60. The third-order valence-corrected chi connectivity index (χ3v) is 5.60. The van der Waals surface area contributed by atoms with Crippen LogP contribution in [0.5, 0.6) is 0 Å². The van der Waals surface area contributed by atoms with E-state index in [4.69, 9.17) is 4.74 Å². The third kappa shape index (κ3) is 5.20. The molecule has 0 aromatic carbocycles. The monoisotopic (exact) mass is 333 g/mol. The molecule has 3 heteroatoms. The van der Waals surface area contributed by atoms with E-state index in [2.05, 4.69) is 43.9 Å². The Morgan fingerprint density at radius 3 is 2.67 bits per heavy atom. The number of hydrogen-bond donors (Lipinski definition) is 0. The second-order valence-electron chi connectivity index (χ2n) is 7.91. The number of esters is 1. The highest BCUT2D eigenvalue weighted by molar-refractivity contribution is 5.74. The lowest BCUT2D eigenvalue weighted by molar-refractivity contribution is -0.150. The summed E-state index contributed by atoms with van der Waals surface area (Å²) in [5, 5.41) is 0. The average Bonchev–Trinajstić information content (AvgIpc) is 3.08. The van der Waals surface area contributed by atoms with E-state index >= 15 is 0 Å². The van der Waals surface area contributed by atoms with Crippen LogP contribution in [0, 0.1) is 17.8 Å². The molecule has 0 radical (unpaired) electrons. The molecular formula is C21H35NO2. The van der Waals surface area contributed by atoms with Crippen LogP contribution in [0.1, 0.15) is 59.3 Å². The minimum Gasteiger partial charge on any atom is -0.469 e. The molecule has 0 spiro atoms. The second kappa shape index (κ2) is 9.41. The van der Waals surface area contributed by atoms with Gasteiger partial charge in [-0.1, -0.05) is 30.7 Å². The molecule has 136 valence electrons. The fraction of sp³-hybridized carbons (Fsp3) is 0.762. The zero-order valence-electron chi connectivity index (χ0n) is 16.0. The summed E-state index contributed by atoms with van der Waals surface area (Å²) in [5.41, 5.74) is 1.39. The van der Waals surface area contributed by atoms with Crippen LogP contribution in [-0.4, -0.2) is 37.1 Å². The van der Waals surface area contributed by atoms with Crippen molar-refractivity contribution in [3.8, 4) is 0 Å². The van der Waals surface area contributed by atoms with E-state index in [1.807, 2.05) is 0 Å². The molecule has 4 atom stereocenters. The van der Waals surface area contributed by atoms with Gasteiger partial charge in [0.15, 0.2) is 0 Å². The van der Waals surface area contributed by atoms with Gasteiger partial charge in [-0.15, -0.1) is 0 Å². The normalized spacial score (nSPS) is 28.6. The Balaban J connectivity index is 2.02. The van der Waals surface area contributed by atoms with Gasteiger partial charge in [0.25, 0.3) is 0 Å². The first-order valence-electron chi connectivity index (χ1n) is 9.64. The van der Waals surface area contributed by atoms with Gasteiger partial charge in [-0.3, -0.25) is 9.69 Å². The maximum Gasteiger partial charge on any atom is 0.310 e. The van der Waals surface area contributed by atoms with Crippen LogP contribution >= 0.6 is 0 Å². The molecule has 1 aliphatic carbocycles. The van der Waals surface area contributed by atoms with Crippen LogP contribution in [0.15, 0.2) is 23.8 Å². The highest BCUT2D eigenvalue weighted by Crippen LogP contribution is 2.36. The van der Waals surface area contributed by atoms with Crippen LogP contribution in [0.25, 0.3) is 0 Å². The Morgan fingerprint density at radius 1 is 1.33 bits per heavy atom. The first-order valence-corrected chi connectivity index (χ1v) is 9.64. The van der Waals surface area contributed by atoms with Crippen molar-refractivity contribution in [2.24, 2.45) is 17.8 Å². The molecule has 1 aliphatic heterocycles. The number of rotatable bonds is 7. The van der Waals surface area contributed by atoms with Gasteiger partial charge in [0.1, 0.15) is 0 Å². The smallest absolute Gasteiger partial charge is 0.310 e. The van der Waals surface area contributed by atoms with Crippen molar-refractivity contribution < 1.29 is 9.53 Å². The van der Waals surface area contributed by atoms with Crippen molar-refractivity contribution in [3.05, 3.63) is 23.8 Å². The standard InChI is InChI=1S/C21H35NO2/c1-16(2)9-7-10-17(3)15-18-11-8-12-19(20(18)21(23)24-4)22-13-5-6-14-22/h8-9,12,17-20H,5-7,10-11,13-15H2,1-4H3/t17?,18-,19?,20-/m1/s1. The zero-order valence-corrected chi connectivity index (χ0v) is 16.0. The molecule has 2 rings (SSSR count). The molecule has 0 amide bonds. The summed E-state index contributed by atoms with van der Waals surface area (Å²) in [7, 11) is 1.54. The summed E-state index contributed by atoms with van der Waals surface area (Å²) < 4.78 is 5.19. The zero-order chi connectivity index (χ0) is 17.5. The molecular weight excluding hydrogens is 298 g/mol. The molecule has 2 aliphatic rings. The van der Waals surface area contributed by atoms with E-state index in [0.29, 0.717) is 11.8 Å². The minimum absolute atomic E-state index is 0.00371. The van der Waals surface area contributed by atoms with Gasteiger partial charge < -0.3 is 4.74 Å². The Bertz CT molecular complexity index is 458. The minimum atomic E-state index is -0.0160. The molecule has 0 bridgehead atoms. The van der Waals surface area contributed by atoms with Crippen LogP contribution in [0.3, 0.4) is 0 Å². The van der Waals surface area contributed by atoms with Gasteiger partial charge in [-0.05, 0) is 77.3 Å². The summed E-state index contributed by atoms with van der Waals surface area (Å²) in [4.78, 5) is 15.0. The summed E-state index contributed by atoms with van der Waals surface area (Å²) in [6, 6.07) is 0.240. The first-order chi connectivity index (χ1) is 11.5. The summed E-state index contributed by atoms with van der Waals surface area (Å²) in [5.74, 6) is 1.04. The molecule has 0 saturated carbocycles. The number of nitrogens with zero attached hydrogens (tertiary/aromatic N) is 1. The van der Waals surface area contributed by atoms with Crippen LogP contribution in [-0.2, 0) is 9.53 Å². The van der Waals surface area contributed by atoms with Crippen LogP contribution < -0.4 is 0 Å². The van der Waals surface area contributed by atoms with E-state index in [0.717, 1.165) is 32.4 Å². The molecule has 0 aromatic rings. The lowest BCUT2D eigenvalue weighted by Gasteiger charge is -2.38. The molecule has 1 saturated heterocycles. The highest BCUT2D eigenvalue weighted by atomic mass is 16.5. The molecule has 0 N–H and O–H groups in total. The topological polar surface area (TPSA) is 29.5 Å². The number of allylic oxidation sites excluding steroid dienone is 3. The average molecular weight is 334 g/mol. The number of carbonyl (C=O) groups is 1. The van der Waals surface area contributed by atoms with Crippen molar-refractivity contribution in [1.29, 1.82) is 0 Å². The predicted molar refractivity (Wildman–Crippen MR) is 99.8 cm³/mol. The summed E-state index contributed by atoms with van der Waals surface area (Å²) in [6.45, 7) is 8.88. The van der Waals surface area contributed by atoms with E-state index in [1.165, 1.54) is 31.9 Å². The maximum atomic E-state index is 12.5. The Hall–Kier alpha value is -1.09. The number of likely N-dealkylation sites (tertiary alicyclic amines) is 1. The number of methoxy groups -OCH3 is 1. The Labute approximate surface area is 148 Å². The quantitative estimate of drug-likeness (QED) is 0.504. The summed E-state index contributed by atoms with van der Waals surface area (Å²) in [6.07, 6.45) is 13.9. The van der Waals surface area contributed by atoms with E-state index in [1.54, 1.807) is 0 Å². The number of ether oxygens (including phenoxy) is 1. The van der Waals surface area contributed by atoms with Gasteiger partial charge in [0, 0.05) is 6.04 Å². The lowest BCUT2D eigenvalue weighted by Crippen LogP contribution is -2.46. The van der Waals surface area contributed by atoms with E-state index in [9.17, 15) is 4.79 Å². The molecule has 2 unspecified atom stereocenters. The number of carbonyl (C=O) groups excluding carboxylic acids is 1. The van der Waals surface area contributed by atoms with Crippen molar-refractivity contribution in [2.45, 2.75) is 65.3 Å². The van der Waals surface area contributed by atoms with Crippen molar-refractivity contribution >= 4 is 5.97 Å². The Kier molecular flexibility index (Phi) is 7.54. The Morgan fingerprint density at radius 2 is 2.04 bits per heavy atom.